The molecule has 0 radical (unpaired) electrons. The maximum Gasteiger partial charge on any atom is 0.434 e. The number of thiazole rings is 1. The van der Waals surface area contributed by atoms with Gasteiger partial charge in [0.05, 0.1) is 18.8 Å². The van der Waals surface area contributed by atoms with Gasteiger partial charge >= 0.3 is 6.18 Å². The number of nitrogens with one attached hydrogen (secondary N) is 2. The molecule has 2 aromatic heterocycles. The van der Waals surface area contributed by atoms with Gasteiger partial charge in [-0.25, -0.2) is 9.98 Å². The molecule has 0 bridgehead atoms. The van der Waals surface area contributed by atoms with Crippen molar-refractivity contribution >= 4 is 17.3 Å². The molecule has 0 aliphatic rings. The van der Waals surface area contributed by atoms with Gasteiger partial charge in [-0.05, 0) is 20.8 Å². The van der Waals surface area contributed by atoms with Gasteiger partial charge in [0.1, 0.15) is 5.01 Å². The number of aromatic nitrogens is 3. The third-order valence-electron chi connectivity index (χ3n) is 3.65. The van der Waals surface area contributed by atoms with E-state index in [4.69, 9.17) is 0 Å². The van der Waals surface area contributed by atoms with Gasteiger partial charge in [0, 0.05) is 30.2 Å². The Balaban J connectivity index is 2.04. The minimum Gasteiger partial charge on any atom is -0.357 e. The zero-order valence-corrected chi connectivity index (χ0v) is 15.3. The summed E-state index contributed by atoms with van der Waals surface area (Å²) in [7, 11) is 1.87. The van der Waals surface area contributed by atoms with Gasteiger partial charge in [0.25, 0.3) is 0 Å². The Morgan fingerprint density at radius 3 is 2.56 bits per heavy atom. The second-order valence-corrected chi connectivity index (χ2v) is 6.39. The van der Waals surface area contributed by atoms with Crippen LogP contribution in [0.3, 0.4) is 0 Å². The number of alkyl halides is 3. The van der Waals surface area contributed by atoms with Crippen LogP contribution in [0.25, 0.3) is 0 Å². The van der Waals surface area contributed by atoms with E-state index in [2.05, 4.69) is 25.7 Å². The quantitative estimate of drug-likeness (QED) is 0.624. The predicted octanol–water partition coefficient (Wildman–Crippen LogP) is 2.77. The van der Waals surface area contributed by atoms with E-state index >= 15 is 0 Å². The van der Waals surface area contributed by atoms with Gasteiger partial charge in [0.2, 0.25) is 0 Å². The molecule has 0 unspecified atom stereocenters. The lowest BCUT2D eigenvalue weighted by Crippen LogP contribution is -2.36. The number of nitrogens with zero attached hydrogens (tertiary/aromatic N) is 4. The molecule has 0 atom stereocenters. The molecule has 25 heavy (non-hydrogen) atoms. The van der Waals surface area contributed by atoms with Crippen molar-refractivity contribution < 1.29 is 13.2 Å². The van der Waals surface area contributed by atoms with Crippen LogP contribution in [-0.4, -0.2) is 27.3 Å². The second kappa shape index (κ2) is 7.85. The molecule has 6 nitrogen and oxygen atoms in total. The largest absolute Gasteiger partial charge is 0.434 e. The van der Waals surface area contributed by atoms with Crippen LogP contribution in [0, 0.1) is 13.8 Å². The summed E-state index contributed by atoms with van der Waals surface area (Å²) in [6.07, 6.45) is -4.41. The van der Waals surface area contributed by atoms with Crippen LogP contribution < -0.4 is 10.6 Å². The second-order valence-electron chi connectivity index (χ2n) is 5.45. The van der Waals surface area contributed by atoms with Gasteiger partial charge in [-0.15, -0.1) is 11.3 Å². The van der Waals surface area contributed by atoms with E-state index in [-0.39, 0.29) is 6.54 Å². The third-order valence-corrected chi connectivity index (χ3v) is 4.50. The summed E-state index contributed by atoms with van der Waals surface area (Å²) in [6, 6.07) is 0. The molecule has 2 N–H and O–H groups in total. The normalized spacial score (nSPS) is 12.5. The van der Waals surface area contributed by atoms with Crippen LogP contribution in [0.2, 0.25) is 0 Å². The van der Waals surface area contributed by atoms with Crippen molar-refractivity contribution in [3.8, 4) is 0 Å². The average Bonchev–Trinajstić information content (AvgIpc) is 3.09. The molecule has 2 heterocycles. The Morgan fingerprint density at radius 2 is 2.04 bits per heavy atom. The zero-order valence-electron chi connectivity index (χ0n) is 14.5. The minimum absolute atomic E-state index is 0.178. The fraction of sp³-hybridized carbons (Fsp3) is 0.533. The van der Waals surface area contributed by atoms with E-state index in [1.54, 1.807) is 4.68 Å². The monoisotopic (exact) mass is 374 g/mol. The van der Waals surface area contributed by atoms with E-state index in [0.29, 0.717) is 24.1 Å². The molecule has 0 spiro atoms. The molecular formula is C15H21F3N6S. The lowest BCUT2D eigenvalue weighted by molar-refractivity contribution is -0.140. The van der Waals surface area contributed by atoms with Crippen LogP contribution in [0.1, 0.15) is 34.6 Å². The Kier molecular flexibility index (Phi) is 6.04. The van der Waals surface area contributed by atoms with Crippen molar-refractivity contribution in [1.29, 1.82) is 0 Å². The Bertz CT molecular complexity index is 747. The van der Waals surface area contributed by atoms with E-state index in [9.17, 15) is 13.2 Å². The topological polar surface area (TPSA) is 67.1 Å². The smallest absolute Gasteiger partial charge is 0.357 e. The molecule has 0 fully saturated rings. The van der Waals surface area contributed by atoms with Gasteiger partial charge in [-0.2, -0.15) is 18.3 Å². The molecular weight excluding hydrogens is 353 g/mol. The lowest BCUT2D eigenvalue weighted by atomic mass is 10.2. The maximum absolute atomic E-state index is 12.6. The van der Waals surface area contributed by atoms with Crippen molar-refractivity contribution in [1.82, 2.24) is 25.4 Å². The number of halogens is 3. The summed E-state index contributed by atoms with van der Waals surface area (Å²) in [5.41, 5.74) is 2.12. The first-order valence-electron chi connectivity index (χ1n) is 7.75. The van der Waals surface area contributed by atoms with Crippen molar-refractivity contribution in [2.24, 2.45) is 12.0 Å². The number of rotatable bonds is 5. The first-order chi connectivity index (χ1) is 11.7. The zero-order chi connectivity index (χ0) is 18.6. The van der Waals surface area contributed by atoms with Gasteiger partial charge in [-0.3, -0.25) is 4.68 Å². The highest BCUT2D eigenvalue weighted by molar-refractivity contribution is 7.09. The maximum atomic E-state index is 12.6. The Hall–Kier alpha value is -2.10. The summed E-state index contributed by atoms with van der Waals surface area (Å²) in [4.78, 5) is 8.08. The lowest BCUT2D eigenvalue weighted by Gasteiger charge is -2.10. The molecule has 0 aliphatic heterocycles. The number of guanidine groups is 1. The summed E-state index contributed by atoms with van der Waals surface area (Å²) >= 11 is 0.969. The summed E-state index contributed by atoms with van der Waals surface area (Å²) < 4.78 is 39.6. The molecule has 0 amide bonds. The fourth-order valence-corrected chi connectivity index (χ4v) is 2.97. The van der Waals surface area contributed by atoms with Crippen LogP contribution in [0.4, 0.5) is 13.2 Å². The molecule has 0 saturated heterocycles. The van der Waals surface area contributed by atoms with Crippen molar-refractivity contribution in [2.45, 2.75) is 40.0 Å². The summed E-state index contributed by atoms with van der Waals surface area (Å²) in [5, 5.41) is 11.8. The van der Waals surface area contributed by atoms with Crippen LogP contribution in [-0.2, 0) is 26.3 Å². The molecule has 0 aromatic carbocycles. The van der Waals surface area contributed by atoms with Gasteiger partial charge in [0.15, 0.2) is 11.7 Å². The standard InChI is InChI=1S/C15H21F3N6S/c1-5-19-14(20-6-11-9(2)23-24(4)10(11)3)21-7-13-22-12(8-25-13)15(16,17)18/h8H,5-7H2,1-4H3,(H2,19,20,21). The summed E-state index contributed by atoms with van der Waals surface area (Å²) in [5.74, 6) is 0.522. The highest BCUT2D eigenvalue weighted by atomic mass is 32.1. The van der Waals surface area contributed by atoms with E-state index in [1.165, 1.54) is 0 Å². The first kappa shape index (κ1) is 19.2. The molecule has 0 saturated carbocycles. The third kappa shape index (κ3) is 4.94. The summed E-state index contributed by atoms with van der Waals surface area (Å²) in [6.45, 7) is 7.07. The number of hydrogen-bond acceptors (Lipinski definition) is 4. The van der Waals surface area contributed by atoms with Crippen molar-refractivity contribution in [2.75, 3.05) is 6.54 Å². The van der Waals surface area contributed by atoms with Crippen molar-refractivity contribution in [3.05, 3.63) is 33.0 Å². The first-order valence-corrected chi connectivity index (χ1v) is 8.63. The predicted molar refractivity (Wildman–Crippen MR) is 91.5 cm³/mol. The molecule has 10 heteroatoms. The highest BCUT2D eigenvalue weighted by Gasteiger charge is 2.33. The van der Waals surface area contributed by atoms with Crippen molar-refractivity contribution in [3.63, 3.8) is 0 Å². The fourth-order valence-electron chi connectivity index (χ4n) is 2.23. The Labute approximate surface area is 148 Å². The average molecular weight is 374 g/mol. The highest BCUT2D eigenvalue weighted by Crippen LogP contribution is 2.29. The molecule has 2 aromatic rings. The van der Waals surface area contributed by atoms with Gasteiger partial charge < -0.3 is 10.6 Å². The van der Waals surface area contributed by atoms with Crippen LogP contribution in [0.15, 0.2) is 10.4 Å². The molecule has 2 rings (SSSR count). The minimum atomic E-state index is -4.41. The molecule has 138 valence electrons. The van der Waals surface area contributed by atoms with E-state index in [1.807, 2.05) is 27.8 Å². The van der Waals surface area contributed by atoms with Gasteiger partial charge in [-0.1, -0.05) is 0 Å². The number of hydrogen-bond donors (Lipinski definition) is 2. The van der Waals surface area contributed by atoms with Crippen LogP contribution >= 0.6 is 11.3 Å². The van der Waals surface area contributed by atoms with E-state index in [0.717, 1.165) is 33.7 Å². The van der Waals surface area contributed by atoms with E-state index < -0.39 is 11.9 Å². The SMILES string of the molecule is CCNC(=NCc1c(C)nn(C)c1C)NCc1nc(C(F)(F)F)cs1. The Morgan fingerprint density at radius 1 is 1.32 bits per heavy atom. The van der Waals surface area contributed by atoms with Crippen LogP contribution in [0.5, 0.6) is 0 Å². The molecule has 0 aliphatic carbocycles. The number of aryl methyl sites for hydroxylation is 2. The number of aliphatic imine (C=N–C) groups is 1.